The van der Waals surface area contributed by atoms with Crippen LogP contribution >= 0.6 is 11.3 Å². The summed E-state index contributed by atoms with van der Waals surface area (Å²) in [6.07, 6.45) is 2.43. The van der Waals surface area contributed by atoms with E-state index in [0.29, 0.717) is 10.6 Å². The molecule has 2 aromatic carbocycles. The number of amides is 1. The molecule has 0 radical (unpaired) electrons. The van der Waals surface area contributed by atoms with Crippen LogP contribution in [0.25, 0.3) is 0 Å². The van der Waals surface area contributed by atoms with Crippen molar-refractivity contribution in [3.05, 3.63) is 81.3 Å². The molecule has 1 aromatic heterocycles. The Morgan fingerprint density at radius 1 is 1.26 bits per heavy atom. The van der Waals surface area contributed by atoms with Gasteiger partial charge in [0.25, 0.3) is 11.8 Å². The standard InChI is InChI=1S/C26H27F2N3O2S/c1-17(30-25(32)24-12-29-16-34-24)19-4-2-18(3-5-19)13-31-9-8-20-10-23(7-6-21(20)14-31)33-15-22-11-26(22,27)28/h2-7,10,12,16-17,22H,8-9,11,13-15H2,1H3,(H,30,32)/t17-,22?/m0/s1. The first-order valence-corrected chi connectivity index (χ1v) is 12.4. The van der Waals surface area contributed by atoms with E-state index in [0.717, 1.165) is 31.6 Å². The SMILES string of the molecule is C[C@H](NC(=O)c1cncs1)c1ccc(CN2CCc3cc(OCC4CC4(F)F)ccc3C2)cc1. The molecular weight excluding hydrogens is 456 g/mol. The number of alkyl halides is 2. The lowest BCUT2D eigenvalue weighted by Gasteiger charge is -2.29. The molecule has 0 saturated heterocycles. The predicted molar refractivity (Wildman–Crippen MR) is 127 cm³/mol. The number of benzene rings is 2. The number of nitrogens with zero attached hydrogens (tertiary/aromatic N) is 2. The summed E-state index contributed by atoms with van der Waals surface area (Å²) in [7, 11) is 0. The Hall–Kier alpha value is -2.84. The molecule has 178 valence electrons. The van der Waals surface area contributed by atoms with Crippen LogP contribution in [0.2, 0.25) is 0 Å². The zero-order chi connectivity index (χ0) is 23.7. The molecule has 8 heteroatoms. The average molecular weight is 484 g/mol. The van der Waals surface area contributed by atoms with Crippen molar-refractivity contribution in [2.75, 3.05) is 13.2 Å². The normalized spacial score (nSPS) is 19.8. The molecule has 1 fully saturated rings. The van der Waals surface area contributed by atoms with E-state index in [1.807, 2.05) is 19.1 Å². The van der Waals surface area contributed by atoms with Gasteiger partial charge in [0.15, 0.2) is 0 Å². The molecule has 2 aliphatic rings. The number of halogens is 2. The Kier molecular flexibility index (Phi) is 6.36. The number of carbonyl (C=O) groups is 1. The van der Waals surface area contributed by atoms with Crippen molar-refractivity contribution in [2.45, 2.75) is 44.8 Å². The Bertz CT molecular complexity index is 1150. The number of fused-ring (bicyclic) bond motifs is 1. The molecule has 34 heavy (non-hydrogen) atoms. The Balaban J connectivity index is 1.13. The minimum atomic E-state index is -2.54. The highest BCUT2D eigenvalue weighted by atomic mass is 32.1. The van der Waals surface area contributed by atoms with Crippen molar-refractivity contribution >= 4 is 17.2 Å². The van der Waals surface area contributed by atoms with Crippen LogP contribution in [0.1, 0.15) is 51.3 Å². The molecule has 2 atom stereocenters. The molecule has 1 amide bonds. The molecule has 0 bridgehead atoms. The van der Waals surface area contributed by atoms with Gasteiger partial charge in [-0.05, 0) is 47.7 Å². The second-order valence-corrected chi connectivity index (χ2v) is 10.1. The van der Waals surface area contributed by atoms with Gasteiger partial charge in [-0.25, -0.2) is 8.78 Å². The van der Waals surface area contributed by atoms with Crippen molar-refractivity contribution in [2.24, 2.45) is 5.92 Å². The van der Waals surface area contributed by atoms with Crippen molar-refractivity contribution in [1.29, 1.82) is 0 Å². The fourth-order valence-electron chi connectivity index (χ4n) is 4.31. The lowest BCUT2D eigenvalue weighted by atomic mass is 9.98. The molecule has 1 saturated carbocycles. The third-order valence-electron chi connectivity index (χ3n) is 6.57. The molecular formula is C26H27F2N3O2S. The zero-order valence-corrected chi connectivity index (χ0v) is 19.8. The van der Waals surface area contributed by atoms with Crippen LogP contribution in [0.3, 0.4) is 0 Å². The summed E-state index contributed by atoms with van der Waals surface area (Å²) in [4.78, 5) is 19.2. The average Bonchev–Trinajstić information content (AvgIpc) is 3.19. The van der Waals surface area contributed by atoms with Crippen LogP contribution in [0, 0.1) is 5.92 Å². The zero-order valence-electron chi connectivity index (χ0n) is 19.0. The van der Waals surface area contributed by atoms with Gasteiger partial charge in [0.05, 0.1) is 30.3 Å². The maximum absolute atomic E-state index is 13.1. The first kappa shape index (κ1) is 22.9. The quantitative estimate of drug-likeness (QED) is 0.477. The van der Waals surface area contributed by atoms with E-state index in [-0.39, 0.29) is 25.0 Å². The van der Waals surface area contributed by atoms with E-state index in [9.17, 15) is 13.6 Å². The molecule has 3 aromatic rings. The molecule has 5 rings (SSSR count). The molecule has 1 aliphatic carbocycles. The summed E-state index contributed by atoms with van der Waals surface area (Å²) < 4.78 is 31.7. The third kappa shape index (κ3) is 5.28. The summed E-state index contributed by atoms with van der Waals surface area (Å²) in [6, 6.07) is 14.2. The first-order chi connectivity index (χ1) is 16.4. The lowest BCUT2D eigenvalue weighted by Crippen LogP contribution is -2.30. The van der Waals surface area contributed by atoms with Gasteiger partial charge < -0.3 is 10.1 Å². The van der Waals surface area contributed by atoms with Crippen molar-refractivity contribution in [3.8, 4) is 5.75 Å². The number of hydrogen-bond acceptors (Lipinski definition) is 5. The van der Waals surface area contributed by atoms with E-state index in [1.165, 1.54) is 28.0 Å². The van der Waals surface area contributed by atoms with Crippen molar-refractivity contribution in [3.63, 3.8) is 0 Å². The number of aromatic nitrogens is 1. The summed E-state index contributed by atoms with van der Waals surface area (Å²) in [5, 5.41) is 3.01. The molecule has 5 nitrogen and oxygen atoms in total. The minimum Gasteiger partial charge on any atom is -0.493 e. The first-order valence-electron chi connectivity index (χ1n) is 11.5. The summed E-state index contributed by atoms with van der Waals surface area (Å²) in [6.45, 7) is 4.68. The Morgan fingerprint density at radius 3 is 2.76 bits per heavy atom. The highest BCUT2D eigenvalue weighted by molar-refractivity contribution is 7.11. The van der Waals surface area contributed by atoms with Gasteiger partial charge in [-0.3, -0.25) is 14.7 Å². The lowest BCUT2D eigenvalue weighted by molar-refractivity contribution is 0.0855. The van der Waals surface area contributed by atoms with Crippen molar-refractivity contribution in [1.82, 2.24) is 15.2 Å². The van der Waals surface area contributed by atoms with Gasteiger partial charge in [0.1, 0.15) is 10.6 Å². The molecule has 0 spiro atoms. The second kappa shape index (κ2) is 9.43. The topological polar surface area (TPSA) is 54.5 Å². The van der Waals surface area contributed by atoms with E-state index < -0.39 is 11.8 Å². The van der Waals surface area contributed by atoms with Gasteiger partial charge in [-0.2, -0.15) is 0 Å². The molecule has 1 N–H and O–H groups in total. The number of ether oxygens (including phenoxy) is 1. The van der Waals surface area contributed by atoms with Crippen molar-refractivity contribution < 1.29 is 18.3 Å². The van der Waals surface area contributed by atoms with Crippen LogP contribution in [-0.2, 0) is 19.5 Å². The Labute approximate surface area is 201 Å². The summed E-state index contributed by atoms with van der Waals surface area (Å²) in [5.41, 5.74) is 6.42. The van der Waals surface area contributed by atoms with Crippen LogP contribution in [0.15, 0.2) is 54.2 Å². The van der Waals surface area contributed by atoms with Crippen LogP contribution < -0.4 is 10.1 Å². The minimum absolute atomic E-state index is 0.0612. The van der Waals surface area contributed by atoms with Gasteiger partial charge in [-0.1, -0.05) is 30.3 Å². The van der Waals surface area contributed by atoms with Crippen LogP contribution in [0.5, 0.6) is 5.75 Å². The number of nitrogens with one attached hydrogen (secondary N) is 1. The molecule has 1 aliphatic heterocycles. The molecule has 2 heterocycles. The van der Waals surface area contributed by atoms with E-state index in [2.05, 4.69) is 45.5 Å². The van der Waals surface area contributed by atoms with Crippen LogP contribution in [-0.4, -0.2) is 34.9 Å². The van der Waals surface area contributed by atoms with Crippen LogP contribution in [0.4, 0.5) is 8.78 Å². The van der Waals surface area contributed by atoms with Gasteiger partial charge in [-0.15, -0.1) is 11.3 Å². The maximum atomic E-state index is 13.1. The maximum Gasteiger partial charge on any atom is 0.263 e. The predicted octanol–water partition coefficient (Wildman–Crippen LogP) is 5.23. The molecule has 1 unspecified atom stereocenters. The fourth-order valence-corrected chi connectivity index (χ4v) is 4.83. The van der Waals surface area contributed by atoms with Gasteiger partial charge in [0, 0.05) is 26.1 Å². The number of thiazole rings is 1. The fraction of sp³-hybridized carbons (Fsp3) is 0.385. The highest BCUT2D eigenvalue weighted by Gasteiger charge is 2.57. The number of hydrogen-bond donors (Lipinski definition) is 1. The van der Waals surface area contributed by atoms with Gasteiger partial charge in [0.2, 0.25) is 0 Å². The summed E-state index contributed by atoms with van der Waals surface area (Å²) in [5.74, 6) is -2.60. The highest BCUT2D eigenvalue weighted by Crippen LogP contribution is 2.48. The Morgan fingerprint density at radius 2 is 2.06 bits per heavy atom. The summed E-state index contributed by atoms with van der Waals surface area (Å²) >= 11 is 1.33. The van der Waals surface area contributed by atoms with E-state index >= 15 is 0 Å². The second-order valence-electron chi connectivity index (χ2n) is 9.17. The van der Waals surface area contributed by atoms with E-state index in [4.69, 9.17) is 4.74 Å². The number of rotatable bonds is 8. The third-order valence-corrected chi connectivity index (χ3v) is 7.34. The van der Waals surface area contributed by atoms with E-state index in [1.54, 1.807) is 11.7 Å². The largest absolute Gasteiger partial charge is 0.493 e. The number of carbonyl (C=O) groups excluding carboxylic acids is 1. The van der Waals surface area contributed by atoms with Gasteiger partial charge >= 0.3 is 0 Å². The smallest absolute Gasteiger partial charge is 0.263 e. The monoisotopic (exact) mass is 483 g/mol.